The lowest BCUT2D eigenvalue weighted by molar-refractivity contribution is 0.418. The van der Waals surface area contributed by atoms with Gasteiger partial charge in [0.15, 0.2) is 0 Å². The van der Waals surface area contributed by atoms with Crippen LogP contribution in [0.2, 0.25) is 0 Å². The zero-order chi connectivity index (χ0) is 12.0. The van der Waals surface area contributed by atoms with E-state index in [1.165, 1.54) is 11.7 Å². The summed E-state index contributed by atoms with van der Waals surface area (Å²) in [5, 5.41) is 0.496. The summed E-state index contributed by atoms with van der Waals surface area (Å²) in [6, 6.07) is 5.24. The molecule has 1 saturated carbocycles. The number of aromatic nitrogens is 2. The average molecular weight is 232 g/mol. The van der Waals surface area contributed by atoms with Crippen molar-refractivity contribution in [1.82, 2.24) is 9.55 Å². The summed E-state index contributed by atoms with van der Waals surface area (Å²) >= 11 is 0. The lowest BCUT2D eigenvalue weighted by Gasteiger charge is -2.07. The smallest absolute Gasteiger partial charge is 0.329 e. The number of H-pyrrole nitrogens is 1. The Hall–Kier alpha value is -2.04. The standard InChI is InChI=1S/C12H12N2O3/c1-17-9-4-2-3-8-10(9)13-12(16)14(11(8)15)7-5-6-7/h2-4,7H,5-6H2,1H3,(H,13,16). The molecule has 0 aliphatic heterocycles. The van der Waals surface area contributed by atoms with Gasteiger partial charge < -0.3 is 9.72 Å². The van der Waals surface area contributed by atoms with Crippen LogP contribution in [-0.4, -0.2) is 16.7 Å². The summed E-state index contributed by atoms with van der Waals surface area (Å²) in [7, 11) is 1.51. The first kappa shape index (κ1) is 10.1. The largest absolute Gasteiger partial charge is 0.495 e. The third-order valence-electron chi connectivity index (χ3n) is 3.06. The van der Waals surface area contributed by atoms with Crippen LogP contribution < -0.4 is 16.0 Å². The van der Waals surface area contributed by atoms with Gasteiger partial charge in [0.2, 0.25) is 0 Å². The molecular weight excluding hydrogens is 220 g/mol. The Bertz CT molecular complexity index is 695. The minimum Gasteiger partial charge on any atom is -0.495 e. The molecule has 0 radical (unpaired) electrons. The van der Waals surface area contributed by atoms with Crippen molar-refractivity contribution in [2.24, 2.45) is 0 Å². The van der Waals surface area contributed by atoms with Crippen LogP contribution in [0.25, 0.3) is 10.9 Å². The van der Waals surface area contributed by atoms with Crippen LogP contribution in [-0.2, 0) is 0 Å². The quantitative estimate of drug-likeness (QED) is 0.841. The Kier molecular flexibility index (Phi) is 2.07. The van der Waals surface area contributed by atoms with Crippen molar-refractivity contribution in [3.8, 4) is 5.75 Å². The molecule has 2 aromatic rings. The van der Waals surface area contributed by atoms with E-state index in [9.17, 15) is 9.59 Å². The van der Waals surface area contributed by atoms with Crippen LogP contribution in [0.4, 0.5) is 0 Å². The molecule has 0 saturated heterocycles. The highest BCUT2D eigenvalue weighted by molar-refractivity contribution is 5.83. The van der Waals surface area contributed by atoms with E-state index in [-0.39, 0.29) is 17.3 Å². The fraction of sp³-hybridized carbons (Fsp3) is 0.333. The van der Waals surface area contributed by atoms with Gasteiger partial charge in [0, 0.05) is 6.04 Å². The summed E-state index contributed by atoms with van der Waals surface area (Å²) in [5.41, 5.74) is -0.110. The molecule has 0 bridgehead atoms. The molecule has 1 fully saturated rings. The van der Waals surface area contributed by atoms with Crippen molar-refractivity contribution in [2.75, 3.05) is 7.11 Å². The van der Waals surface area contributed by atoms with Crippen molar-refractivity contribution >= 4 is 10.9 Å². The second-order valence-corrected chi connectivity index (χ2v) is 4.22. The number of rotatable bonds is 2. The molecule has 88 valence electrons. The number of fused-ring (bicyclic) bond motifs is 1. The molecule has 1 aliphatic carbocycles. The van der Waals surface area contributed by atoms with E-state index < -0.39 is 0 Å². The van der Waals surface area contributed by atoms with E-state index >= 15 is 0 Å². The maximum atomic E-state index is 12.2. The topological polar surface area (TPSA) is 64.1 Å². The first-order valence-corrected chi connectivity index (χ1v) is 5.54. The van der Waals surface area contributed by atoms with E-state index in [1.807, 2.05) is 0 Å². The Morgan fingerprint density at radius 2 is 2.12 bits per heavy atom. The summed E-state index contributed by atoms with van der Waals surface area (Å²) < 4.78 is 6.44. The molecule has 1 N–H and O–H groups in total. The van der Waals surface area contributed by atoms with E-state index in [0.717, 1.165) is 12.8 Å². The lowest BCUT2D eigenvalue weighted by Crippen LogP contribution is -2.34. The fourth-order valence-electron chi connectivity index (χ4n) is 2.06. The molecule has 5 heteroatoms. The molecular formula is C12H12N2O3. The third kappa shape index (κ3) is 1.46. The Labute approximate surface area is 96.7 Å². The van der Waals surface area contributed by atoms with Crippen LogP contribution in [0, 0.1) is 0 Å². The van der Waals surface area contributed by atoms with E-state index in [0.29, 0.717) is 16.7 Å². The Balaban J connectivity index is 2.43. The second kappa shape index (κ2) is 3.48. The van der Waals surface area contributed by atoms with Crippen LogP contribution in [0.5, 0.6) is 5.75 Å². The van der Waals surface area contributed by atoms with Gasteiger partial charge in [-0.15, -0.1) is 0 Å². The number of ether oxygens (including phenoxy) is 1. The van der Waals surface area contributed by atoms with E-state index in [2.05, 4.69) is 4.98 Å². The first-order valence-electron chi connectivity index (χ1n) is 5.54. The molecule has 5 nitrogen and oxygen atoms in total. The predicted molar refractivity (Wildman–Crippen MR) is 63.7 cm³/mol. The molecule has 1 aromatic carbocycles. The maximum Gasteiger partial charge on any atom is 0.329 e. The molecule has 1 aliphatic rings. The highest BCUT2D eigenvalue weighted by Crippen LogP contribution is 2.32. The van der Waals surface area contributed by atoms with Crippen molar-refractivity contribution in [3.63, 3.8) is 0 Å². The van der Waals surface area contributed by atoms with Crippen molar-refractivity contribution < 1.29 is 4.74 Å². The van der Waals surface area contributed by atoms with Gasteiger partial charge in [0.25, 0.3) is 5.56 Å². The summed E-state index contributed by atoms with van der Waals surface area (Å²) in [6.45, 7) is 0. The fourth-order valence-corrected chi connectivity index (χ4v) is 2.06. The minimum atomic E-state index is -0.352. The highest BCUT2D eigenvalue weighted by Gasteiger charge is 2.27. The van der Waals surface area contributed by atoms with Gasteiger partial charge >= 0.3 is 5.69 Å². The predicted octanol–water partition coefficient (Wildman–Crippen LogP) is 1.03. The van der Waals surface area contributed by atoms with Gasteiger partial charge in [-0.2, -0.15) is 0 Å². The average Bonchev–Trinajstić information content (AvgIpc) is 3.13. The molecule has 0 spiro atoms. The number of nitrogens with one attached hydrogen (secondary N) is 1. The van der Waals surface area contributed by atoms with Gasteiger partial charge in [-0.05, 0) is 25.0 Å². The van der Waals surface area contributed by atoms with Gasteiger partial charge in [-0.3, -0.25) is 9.36 Å². The Morgan fingerprint density at radius 1 is 1.35 bits per heavy atom. The molecule has 17 heavy (non-hydrogen) atoms. The first-order chi connectivity index (χ1) is 8.22. The monoisotopic (exact) mass is 232 g/mol. The molecule has 1 heterocycles. The van der Waals surface area contributed by atoms with Crippen molar-refractivity contribution in [2.45, 2.75) is 18.9 Å². The van der Waals surface area contributed by atoms with E-state index in [4.69, 9.17) is 4.74 Å². The number of aromatic amines is 1. The molecule has 0 atom stereocenters. The highest BCUT2D eigenvalue weighted by atomic mass is 16.5. The lowest BCUT2D eigenvalue weighted by atomic mass is 10.2. The van der Waals surface area contributed by atoms with Crippen LogP contribution in [0.15, 0.2) is 27.8 Å². The number of nitrogens with zero attached hydrogens (tertiary/aromatic N) is 1. The van der Waals surface area contributed by atoms with Crippen molar-refractivity contribution in [3.05, 3.63) is 39.0 Å². The van der Waals surface area contributed by atoms with Gasteiger partial charge in [0.1, 0.15) is 5.75 Å². The zero-order valence-electron chi connectivity index (χ0n) is 9.40. The molecule has 0 amide bonds. The Morgan fingerprint density at radius 3 is 2.76 bits per heavy atom. The third-order valence-corrected chi connectivity index (χ3v) is 3.06. The summed E-state index contributed by atoms with van der Waals surface area (Å²) in [6.07, 6.45) is 1.80. The summed E-state index contributed by atoms with van der Waals surface area (Å²) in [5.74, 6) is 0.514. The number of hydrogen-bond donors (Lipinski definition) is 1. The van der Waals surface area contributed by atoms with Crippen molar-refractivity contribution in [1.29, 1.82) is 0 Å². The number of benzene rings is 1. The number of para-hydroxylation sites is 1. The second-order valence-electron chi connectivity index (χ2n) is 4.22. The molecule has 1 aromatic heterocycles. The van der Waals surface area contributed by atoms with Crippen LogP contribution in [0.1, 0.15) is 18.9 Å². The summed E-state index contributed by atoms with van der Waals surface area (Å²) in [4.78, 5) is 26.8. The maximum absolute atomic E-state index is 12.2. The zero-order valence-corrected chi connectivity index (χ0v) is 9.40. The van der Waals surface area contributed by atoms with E-state index in [1.54, 1.807) is 18.2 Å². The molecule has 3 rings (SSSR count). The van der Waals surface area contributed by atoms with Gasteiger partial charge in [-0.1, -0.05) is 6.07 Å². The normalized spacial score (nSPS) is 15.1. The number of hydrogen-bond acceptors (Lipinski definition) is 3. The minimum absolute atomic E-state index is 0.0712. The van der Waals surface area contributed by atoms with Gasteiger partial charge in [-0.25, -0.2) is 4.79 Å². The molecule has 0 unspecified atom stereocenters. The SMILES string of the molecule is COc1cccc2c(=O)n(C3CC3)c(=O)[nH]c12. The van der Waals surface area contributed by atoms with Crippen LogP contribution >= 0.6 is 0 Å². The van der Waals surface area contributed by atoms with Gasteiger partial charge in [0.05, 0.1) is 18.0 Å². The number of methoxy groups -OCH3 is 1. The van der Waals surface area contributed by atoms with Crippen LogP contribution in [0.3, 0.4) is 0 Å².